The van der Waals surface area contributed by atoms with Crippen LogP contribution in [0.4, 0.5) is 5.69 Å². The maximum absolute atomic E-state index is 12.5. The van der Waals surface area contributed by atoms with E-state index in [1.165, 1.54) is 0 Å². The number of carbonyl (C=O) groups is 1. The van der Waals surface area contributed by atoms with Crippen molar-refractivity contribution >= 4 is 33.0 Å². The Hall–Kier alpha value is -2.05. The highest BCUT2D eigenvalue weighted by atomic mass is 35.5. The molecule has 0 unspecified atom stereocenters. The summed E-state index contributed by atoms with van der Waals surface area (Å²) in [5.74, 6) is 0.907. The van der Waals surface area contributed by atoms with E-state index in [1.54, 1.807) is 23.1 Å². The summed E-state index contributed by atoms with van der Waals surface area (Å²) in [4.78, 5) is 14.1. The van der Waals surface area contributed by atoms with Gasteiger partial charge in [-0.1, -0.05) is 29.8 Å². The molecule has 2 atom stereocenters. The van der Waals surface area contributed by atoms with Crippen molar-refractivity contribution in [2.45, 2.75) is 12.5 Å². The second-order valence-electron chi connectivity index (χ2n) is 6.40. The standard InChI is InChI=1S/C18H16ClNO4S/c19-13-6-7-17(24-14-4-2-1-3-5-14)15(9-13)20-16-11-25(22,23)10-12(16)8-18(20)21/h1-7,9,12,16H,8,10-11H2/t12-,16-/m0/s1. The second kappa shape index (κ2) is 6.04. The summed E-state index contributed by atoms with van der Waals surface area (Å²) >= 11 is 6.13. The molecule has 2 aromatic rings. The van der Waals surface area contributed by atoms with Gasteiger partial charge in [-0.3, -0.25) is 4.79 Å². The van der Waals surface area contributed by atoms with Gasteiger partial charge in [0, 0.05) is 17.4 Å². The van der Waals surface area contributed by atoms with Crippen LogP contribution in [0, 0.1) is 5.92 Å². The van der Waals surface area contributed by atoms with Crippen LogP contribution in [0.2, 0.25) is 5.02 Å². The SMILES string of the molecule is O=C1C[C@H]2CS(=O)(=O)C[C@@H]2N1c1cc(Cl)ccc1Oc1ccccc1. The van der Waals surface area contributed by atoms with Crippen molar-refractivity contribution in [2.75, 3.05) is 16.4 Å². The number of amides is 1. The molecule has 0 bridgehead atoms. The number of benzene rings is 2. The van der Waals surface area contributed by atoms with Gasteiger partial charge < -0.3 is 9.64 Å². The molecular formula is C18H16ClNO4S. The highest BCUT2D eigenvalue weighted by Gasteiger charge is 2.49. The van der Waals surface area contributed by atoms with Gasteiger partial charge >= 0.3 is 0 Å². The zero-order valence-corrected chi connectivity index (χ0v) is 14.8. The molecule has 2 saturated heterocycles. The first-order valence-electron chi connectivity index (χ1n) is 7.98. The lowest BCUT2D eigenvalue weighted by molar-refractivity contribution is -0.117. The fourth-order valence-electron chi connectivity index (χ4n) is 3.58. The van der Waals surface area contributed by atoms with Gasteiger partial charge in [-0.2, -0.15) is 0 Å². The van der Waals surface area contributed by atoms with E-state index >= 15 is 0 Å². The van der Waals surface area contributed by atoms with E-state index in [-0.39, 0.29) is 35.8 Å². The Kier molecular flexibility index (Phi) is 3.96. The Bertz CT molecular complexity index is 929. The average molecular weight is 378 g/mol. The minimum absolute atomic E-state index is 0.0132. The number of anilines is 1. The van der Waals surface area contributed by atoms with Crippen molar-refractivity contribution in [3.8, 4) is 11.5 Å². The van der Waals surface area contributed by atoms with E-state index in [1.807, 2.05) is 30.3 Å². The van der Waals surface area contributed by atoms with Crippen LogP contribution in [0.5, 0.6) is 11.5 Å². The summed E-state index contributed by atoms with van der Waals surface area (Å²) in [6, 6.07) is 13.9. The zero-order valence-electron chi connectivity index (χ0n) is 13.3. The molecule has 2 aromatic carbocycles. The topological polar surface area (TPSA) is 63.7 Å². The molecular weight excluding hydrogens is 362 g/mol. The third kappa shape index (κ3) is 3.12. The summed E-state index contributed by atoms with van der Waals surface area (Å²) in [6.45, 7) is 0. The predicted molar refractivity (Wildman–Crippen MR) is 96.0 cm³/mol. The van der Waals surface area contributed by atoms with Crippen molar-refractivity contribution in [1.82, 2.24) is 0 Å². The number of halogens is 1. The van der Waals surface area contributed by atoms with Crippen LogP contribution in [-0.4, -0.2) is 31.9 Å². The van der Waals surface area contributed by atoms with E-state index in [2.05, 4.69) is 0 Å². The van der Waals surface area contributed by atoms with Crippen LogP contribution >= 0.6 is 11.6 Å². The van der Waals surface area contributed by atoms with Gasteiger partial charge in [-0.15, -0.1) is 0 Å². The van der Waals surface area contributed by atoms with Gasteiger partial charge in [0.15, 0.2) is 15.6 Å². The molecule has 2 heterocycles. The third-order valence-electron chi connectivity index (χ3n) is 4.63. The number of hydrogen-bond donors (Lipinski definition) is 0. The smallest absolute Gasteiger partial charge is 0.227 e. The number of carbonyl (C=O) groups excluding carboxylic acids is 1. The van der Waals surface area contributed by atoms with E-state index in [0.717, 1.165) is 0 Å². The summed E-state index contributed by atoms with van der Waals surface area (Å²) in [7, 11) is -3.12. The number of para-hydroxylation sites is 1. The molecule has 0 radical (unpaired) electrons. The van der Waals surface area contributed by atoms with Crippen LogP contribution in [0.1, 0.15) is 6.42 Å². The second-order valence-corrected chi connectivity index (χ2v) is 8.99. The predicted octanol–water partition coefficient (Wildman–Crippen LogP) is 3.28. The molecule has 25 heavy (non-hydrogen) atoms. The summed E-state index contributed by atoms with van der Waals surface area (Å²) < 4.78 is 29.9. The summed E-state index contributed by atoms with van der Waals surface area (Å²) in [6.07, 6.45) is 0.237. The molecule has 2 aliphatic heterocycles. The quantitative estimate of drug-likeness (QED) is 0.823. The first-order chi connectivity index (χ1) is 11.9. The molecule has 2 aliphatic rings. The fourth-order valence-corrected chi connectivity index (χ4v) is 5.82. The molecule has 0 aliphatic carbocycles. The van der Waals surface area contributed by atoms with E-state index < -0.39 is 9.84 Å². The lowest BCUT2D eigenvalue weighted by atomic mass is 10.0. The van der Waals surface area contributed by atoms with Gasteiger partial charge in [0.1, 0.15) is 5.75 Å². The monoisotopic (exact) mass is 377 g/mol. The zero-order chi connectivity index (χ0) is 17.6. The molecule has 2 fully saturated rings. The van der Waals surface area contributed by atoms with E-state index in [0.29, 0.717) is 22.2 Å². The Labute approximate surface area is 151 Å². The first kappa shape index (κ1) is 16.4. The average Bonchev–Trinajstić information content (AvgIpc) is 3.00. The van der Waals surface area contributed by atoms with Gasteiger partial charge in [-0.05, 0) is 30.3 Å². The van der Waals surface area contributed by atoms with Crippen LogP contribution in [-0.2, 0) is 14.6 Å². The normalized spacial score (nSPS) is 24.4. The van der Waals surface area contributed by atoms with Crippen molar-refractivity contribution < 1.29 is 17.9 Å². The van der Waals surface area contributed by atoms with Crippen molar-refractivity contribution in [3.63, 3.8) is 0 Å². The highest BCUT2D eigenvalue weighted by Crippen LogP contribution is 2.43. The summed E-state index contributed by atoms with van der Waals surface area (Å²) in [5, 5.41) is 0.465. The molecule has 7 heteroatoms. The number of sulfone groups is 1. The molecule has 0 saturated carbocycles. The van der Waals surface area contributed by atoms with E-state index in [4.69, 9.17) is 16.3 Å². The lowest BCUT2D eigenvalue weighted by Crippen LogP contribution is -2.36. The lowest BCUT2D eigenvalue weighted by Gasteiger charge is -2.25. The number of nitrogens with zero attached hydrogens (tertiary/aromatic N) is 1. The van der Waals surface area contributed by atoms with Crippen LogP contribution in [0.25, 0.3) is 0 Å². The fraction of sp³-hybridized carbons (Fsp3) is 0.278. The minimum atomic E-state index is -3.12. The largest absolute Gasteiger partial charge is 0.455 e. The molecule has 0 N–H and O–H groups in total. The number of ether oxygens (including phenoxy) is 1. The van der Waals surface area contributed by atoms with Crippen molar-refractivity contribution in [1.29, 1.82) is 0 Å². The third-order valence-corrected chi connectivity index (χ3v) is 6.65. The number of fused-ring (bicyclic) bond motifs is 1. The van der Waals surface area contributed by atoms with Crippen molar-refractivity contribution in [3.05, 3.63) is 53.6 Å². The Morgan fingerprint density at radius 3 is 2.60 bits per heavy atom. The first-order valence-corrected chi connectivity index (χ1v) is 10.2. The van der Waals surface area contributed by atoms with Gasteiger partial charge in [0.05, 0.1) is 23.2 Å². The Balaban J connectivity index is 1.74. The molecule has 1 amide bonds. The van der Waals surface area contributed by atoms with E-state index in [9.17, 15) is 13.2 Å². The molecule has 130 valence electrons. The number of hydrogen-bond acceptors (Lipinski definition) is 4. The minimum Gasteiger partial charge on any atom is -0.455 e. The van der Waals surface area contributed by atoms with Crippen LogP contribution in [0.3, 0.4) is 0 Å². The molecule has 0 aromatic heterocycles. The Morgan fingerprint density at radius 2 is 1.84 bits per heavy atom. The number of rotatable bonds is 3. The Morgan fingerprint density at radius 1 is 1.08 bits per heavy atom. The highest BCUT2D eigenvalue weighted by molar-refractivity contribution is 7.91. The van der Waals surface area contributed by atoms with Gasteiger partial charge in [0.2, 0.25) is 5.91 Å². The van der Waals surface area contributed by atoms with Crippen LogP contribution < -0.4 is 9.64 Å². The molecule has 5 nitrogen and oxygen atoms in total. The maximum Gasteiger partial charge on any atom is 0.227 e. The van der Waals surface area contributed by atoms with Crippen LogP contribution in [0.15, 0.2) is 48.5 Å². The van der Waals surface area contributed by atoms with Crippen molar-refractivity contribution in [2.24, 2.45) is 5.92 Å². The van der Waals surface area contributed by atoms with Gasteiger partial charge in [-0.25, -0.2) is 8.42 Å². The molecule has 0 spiro atoms. The summed E-state index contributed by atoms with van der Waals surface area (Å²) in [5.41, 5.74) is 0.519. The van der Waals surface area contributed by atoms with Gasteiger partial charge in [0.25, 0.3) is 0 Å². The maximum atomic E-state index is 12.5. The molecule has 4 rings (SSSR count).